The lowest BCUT2D eigenvalue weighted by Gasteiger charge is -2.34. The molecule has 30 heavy (non-hydrogen) atoms. The van der Waals surface area contributed by atoms with Crippen molar-refractivity contribution in [3.8, 4) is 0 Å². The van der Waals surface area contributed by atoms with Gasteiger partial charge in [0.1, 0.15) is 6.54 Å². The number of methoxy groups -OCH3 is 1. The van der Waals surface area contributed by atoms with E-state index in [2.05, 4.69) is 0 Å². The summed E-state index contributed by atoms with van der Waals surface area (Å²) in [5.74, 6) is -1.01. The van der Waals surface area contributed by atoms with Gasteiger partial charge in [0.15, 0.2) is 0 Å². The summed E-state index contributed by atoms with van der Waals surface area (Å²) >= 11 is 0. The Hall–Kier alpha value is -2.01. The maximum atomic E-state index is 13.1. The van der Waals surface area contributed by atoms with E-state index < -0.39 is 21.9 Å². The summed E-state index contributed by atoms with van der Waals surface area (Å²) in [4.78, 5) is 26.2. The summed E-state index contributed by atoms with van der Waals surface area (Å²) < 4.78 is 43.1. The number of esters is 1. The van der Waals surface area contributed by atoms with Gasteiger partial charge in [0.2, 0.25) is 10.0 Å². The molecular weight excluding hydrogens is 412 g/mol. The van der Waals surface area contributed by atoms with Gasteiger partial charge in [0, 0.05) is 32.3 Å². The monoisotopic (exact) mass is 442 g/mol. The van der Waals surface area contributed by atoms with Gasteiger partial charge in [-0.3, -0.25) is 9.59 Å². The summed E-state index contributed by atoms with van der Waals surface area (Å²) in [6.07, 6.45) is -0.440. The first kappa shape index (κ1) is 24.3. The molecular formula is C20H30N2O7S. The first-order valence-electron chi connectivity index (χ1n) is 9.88. The van der Waals surface area contributed by atoms with Crippen LogP contribution in [0.15, 0.2) is 29.2 Å². The predicted molar refractivity (Wildman–Crippen MR) is 110 cm³/mol. The van der Waals surface area contributed by atoms with Crippen molar-refractivity contribution < 1.29 is 32.2 Å². The number of sulfonamides is 1. The number of hydrogen-bond donors (Lipinski definition) is 0. The van der Waals surface area contributed by atoms with E-state index in [0.717, 1.165) is 0 Å². The number of hydrogen-bond acceptors (Lipinski definition) is 7. The zero-order chi connectivity index (χ0) is 22.3. The van der Waals surface area contributed by atoms with Crippen LogP contribution in [0.3, 0.4) is 0 Å². The average molecular weight is 443 g/mol. The minimum atomic E-state index is -3.79. The third-order valence-corrected chi connectivity index (χ3v) is 6.41. The Labute approximate surface area is 177 Å². The molecule has 1 aliphatic heterocycles. The van der Waals surface area contributed by atoms with Gasteiger partial charge in [-0.1, -0.05) is 6.07 Å². The lowest BCUT2D eigenvalue weighted by molar-refractivity contribution is -0.143. The predicted octanol–water partition coefficient (Wildman–Crippen LogP) is 1.14. The second-order valence-corrected chi connectivity index (χ2v) is 9.07. The molecule has 9 nitrogen and oxygen atoms in total. The van der Waals surface area contributed by atoms with Crippen molar-refractivity contribution in [2.75, 3.05) is 46.5 Å². The molecule has 0 aromatic heterocycles. The van der Waals surface area contributed by atoms with Gasteiger partial charge in [0.25, 0.3) is 5.91 Å². The molecule has 1 heterocycles. The summed E-state index contributed by atoms with van der Waals surface area (Å²) in [7, 11) is -2.30. The van der Waals surface area contributed by atoms with E-state index in [9.17, 15) is 18.0 Å². The maximum Gasteiger partial charge on any atom is 0.325 e. The van der Waals surface area contributed by atoms with Crippen LogP contribution in [0.25, 0.3) is 0 Å². The van der Waals surface area contributed by atoms with Crippen LogP contribution < -0.4 is 0 Å². The largest absolute Gasteiger partial charge is 0.465 e. The van der Waals surface area contributed by atoms with Crippen LogP contribution in [0.1, 0.15) is 31.1 Å². The SMILES string of the molecule is CCOC(=O)CN(CCOC)C(=O)c1cccc(S(=O)(=O)N2CC(C)OC(C)C2)c1. The molecule has 2 atom stereocenters. The van der Waals surface area contributed by atoms with Crippen LogP contribution in [0, 0.1) is 0 Å². The third-order valence-electron chi connectivity index (χ3n) is 4.58. The summed E-state index contributed by atoms with van der Waals surface area (Å²) in [6, 6.07) is 5.85. The smallest absolute Gasteiger partial charge is 0.325 e. The number of ether oxygens (including phenoxy) is 3. The van der Waals surface area contributed by atoms with E-state index in [1.54, 1.807) is 6.92 Å². The van der Waals surface area contributed by atoms with Crippen LogP contribution in [0.4, 0.5) is 0 Å². The fourth-order valence-electron chi connectivity index (χ4n) is 3.26. The molecule has 1 aromatic carbocycles. The van der Waals surface area contributed by atoms with Gasteiger partial charge in [-0.2, -0.15) is 4.31 Å². The highest BCUT2D eigenvalue weighted by Gasteiger charge is 2.32. The van der Waals surface area contributed by atoms with E-state index in [1.165, 1.54) is 40.6 Å². The summed E-state index contributed by atoms with van der Waals surface area (Å²) in [6.45, 7) is 6.17. The van der Waals surface area contributed by atoms with Gasteiger partial charge in [-0.05, 0) is 39.0 Å². The molecule has 10 heteroatoms. The van der Waals surface area contributed by atoms with Gasteiger partial charge in [0.05, 0.1) is 30.3 Å². The first-order chi connectivity index (χ1) is 14.2. The molecule has 0 spiro atoms. The van der Waals surface area contributed by atoms with Crippen LogP contribution >= 0.6 is 0 Å². The summed E-state index contributed by atoms with van der Waals surface area (Å²) in [5.41, 5.74) is 0.172. The molecule has 2 rings (SSSR count). The van der Waals surface area contributed by atoms with Gasteiger partial charge < -0.3 is 19.1 Å². The number of benzene rings is 1. The molecule has 1 aliphatic rings. The Kier molecular flexibility index (Phi) is 8.78. The molecule has 0 bridgehead atoms. The zero-order valence-corrected chi connectivity index (χ0v) is 18.7. The molecule has 0 N–H and O–H groups in total. The van der Waals surface area contributed by atoms with Crippen molar-refractivity contribution in [1.82, 2.24) is 9.21 Å². The summed E-state index contributed by atoms with van der Waals surface area (Å²) in [5, 5.41) is 0. The van der Waals surface area contributed by atoms with Crippen LogP contribution in [-0.2, 0) is 29.0 Å². The Morgan fingerprint density at radius 3 is 2.50 bits per heavy atom. The van der Waals surface area contributed by atoms with Crippen molar-refractivity contribution in [2.24, 2.45) is 0 Å². The minimum Gasteiger partial charge on any atom is -0.465 e. The van der Waals surface area contributed by atoms with Crippen LogP contribution in [0.5, 0.6) is 0 Å². The number of carbonyl (C=O) groups is 2. The van der Waals surface area contributed by atoms with Crippen LogP contribution in [-0.4, -0.2) is 88.2 Å². The second kappa shape index (κ2) is 10.9. The Balaban J connectivity index is 2.26. The number of carbonyl (C=O) groups excluding carboxylic acids is 2. The molecule has 1 aromatic rings. The van der Waals surface area contributed by atoms with Crippen molar-refractivity contribution in [1.29, 1.82) is 0 Å². The quantitative estimate of drug-likeness (QED) is 0.528. The average Bonchev–Trinajstić information content (AvgIpc) is 2.70. The first-order valence-corrected chi connectivity index (χ1v) is 11.3. The molecule has 168 valence electrons. The fourth-order valence-corrected chi connectivity index (χ4v) is 4.90. The number of morpholine rings is 1. The molecule has 2 unspecified atom stereocenters. The van der Waals surface area contributed by atoms with E-state index in [4.69, 9.17) is 14.2 Å². The minimum absolute atomic E-state index is 0.0254. The molecule has 1 fully saturated rings. The number of amides is 1. The van der Waals surface area contributed by atoms with Gasteiger partial charge >= 0.3 is 5.97 Å². The normalized spacial score (nSPS) is 20.0. The van der Waals surface area contributed by atoms with E-state index >= 15 is 0 Å². The molecule has 1 saturated heterocycles. The number of rotatable bonds is 9. The Bertz CT molecular complexity index is 833. The van der Waals surface area contributed by atoms with Gasteiger partial charge in [-0.25, -0.2) is 8.42 Å². The Morgan fingerprint density at radius 1 is 1.23 bits per heavy atom. The third kappa shape index (κ3) is 6.24. The standard InChI is InChI=1S/C20H30N2O7S/c1-5-28-19(23)14-21(9-10-27-4)20(24)17-7-6-8-18(11-17)30(25,26)22-12-15(2)29-16(3)13-22/h6-8,11,15-16H,5,9-10,12-14H2,1-4H3. The lowest BCUT2D eigenvalue weighted by Crippen LogP contribution is -2.48. The highest BCUT2D eigenvalue weighted by Crippen LogP contribution is 2.22. The van der Waals surface area contributed by atoms with Crippen LogP contribution in [0.2, 0.25) is 0 Å². The second-order valence-electron chi connectivity index (χ2n) is 7.13. The highest BCUT2D eigenvalue weighted by molar-refractivity contribution is 7.89. The molecule has 0 saturated carbocycles. The molecule has 0 aliphatic carbocycles. The number of nitrogens with zero attached hydrogens (tertiary/aromatic N) is 2. The van der Waals surface area contributed by atoms with Gasteiger partial charge in [-0.15, -0.1) is 0 Å². The lowest BCUT2D eigenvalue weighted by atomic mass is 10.2. The van der Waals surface area contributed by atoms with Crippen molar-refractivity contribution in [3.63, 3.8) is 0 Å². The van der Waals surface area contributed by atoms with Crippen molar-refractivity contribution in [3.05, 3.63) is 29.8 Å². The maximum absolute atomic E-state index is 13.1. The molecule has 0 radical (unpaired) electrons. The van der Waals surface area contributed by atoms with E-state index in [-0.39, 0.29) is 62.1 Å². The van der Waals surface area contributed by atoms with Crippen molar-refractivity contribution >= 4 is 21.9 Å². The Morgan fingerprint density at radius 2 is 1.90 bits per heavy atom. The van der Waals surface area contributed by atoms with Crippen molar-refractivity contribution in [2.45, 2.75) is 37.9 Å². The highest BCUT2D eigenvalue weighted by atomic mass is 32.2. The molecule has 1 amide bonds. The fraction of sp³-hybridized carbons (Fsp3) is 0.600. The van der Waals surface area contributed by atoms with E-state index in [1.807, 2.05) is 13.8 Å². The zero-order valence-electron chi connectivity index (χ0n) is 17.9. The van der Waals surface area contributed by atoms with E-state index in [0.29, 0.717) is 0 Å². The topological polar surface area (TPSA) is 102 Å².